The van der Waals surface area contributed by atoms with E-state index in [0.717, 1.165) is 0 Å². The number of ether oxygens (including phenoxy) is 2. The van der Waals surface area contributed by atoms with Crippen LogP contribution in [0, 0.1) is 11.8 Å². The summed E-state index contributed by atoms with van der Waals surface area (Å²) in [5.74, 6) is 0.743. The topological polar surface area (TPSA) is 76.7 Å². The van der Waals surface area contributed by atoms with Gasteiger partial charge in [-0.2, -0.15) is 0 Å². The van der Waals surface area contributed by atoms with Crippen LogP contribution in [0.3, 0.4) is 0 Å². The number of amides is 2. The van der Waals surface area contributed by atoms with Crippen molar-refractivity contribution in [3.8, 4) is 11.5 Å². The Labute approximate surface area is 154 Å². The third-order valence-electron chi connectivity index (χ3n) is 3.29. The van der Waals surface area contributed by atoms with Crippen LogP contribution < -0.4 is 20.1 Å². The summed E-state index contributed by atoms with van der Waals surface area (Å²) >= 11 is 6.24. The van der Waals surface area contributed by atoms with E-state index in [4.69, 9.17) is 21.1 Å². The minimum atomic E-state index is -0.297. The molecule has 1 aromatic rings. The van der Waals surface area contributed by atoms with Crippen molar-refractivity contribution >= 4 is 23.4 Å². The normalized spacial score (nSPS) is 10.7. The molecule has 0 aromatic heterocycles. The Morgan fingerprint density at radius 2 is 1.76 bits per heavy atom. The molecule has 0 saturated heterocycles. The lowest BCUT2D eigenvalue weighted by molar-refractivity contribution is -0.123. The average molecular weight is 371 g/mol. The fraction of sp³-hybridized carbons (Fsp3) is 0.556. The average Bonchev–Trinajstić information content (AvgIpc) is 2.55. The Balaban J connectivity index is 2.70. The van der Waals surface area contributed by atoms with Gasteiger partial charge in [0.05, 0.1) is 18.7 Å². The summed E-state index contributed by atoms with van der Waals surface area (Å²) in [6, 6.07) is 3.13. The molecule has 0 aliphatic rings. The van der Waals surface area contributed by atoms with Crippen molar-refractivity contribution in [2.24, 2.45) is 11.8 Å². The first-order valence-electron chi connectivity index (χ1n) is 8.32. The molecule has 0 saturated carbocycles. The van der Waals surface area contributed by atoms with Crippen molar-refractivity contribution in [3.05, 3.63) is 22.7 Å². The maximum atomic E-state index is 12.2. The lowest BCUT2D eigenvalue weighted by Crippen LogP contribution is -2.36. The molecule has 0 atom stereocenters. The van der Waals surface area contributed by atoms with E-state index in [1.165, 1.54) is 7.11 Å². The number of benzene rings is 1. The van der Waals surface area contributed by atoms with Gasteiger partial charge in [0.1, 0.15) is 0 Å². The predicted molar refractivity (Wildman–Crippen MR) is 98.5 cm³/mol. The van der Waals surface area contributed by atoms with Gasteiger partial charge in [-0.05, 0) is 18.1 Å². The van der Waals surface area contributed by atoms with Crippen LogP contribution in [0.1, 0.15) is 38.1 Å². The molecule has 0 unspecified atom stereocenters. The van der Waals surface area contributed by atoms with E-state index in [1.54, 1.807) is 12.1 Å². The molecule has 0 radical (unpaired) electrons. The van der Waals surface area contributed by atoms with E-state index in [0.29, 0.717) is 47.7 Å². The van der Waals surface area contributed by atoms with Crippen LogP contribution in [-0.2, 0) is 4.79 Å². The number of hydrogen-bond acceptors (Lipinski definition) is 4. The SMILES string of the molecule is COc1cc(C(=O)NCCNC(=O)C(C)C)cc(Cl)c1OCC(C)C. The number of nitrogens with one attached hydrogen (secondary N) is 2. The molecule has 2 amide bonds. The van der Waals surface area contributed by atoms with Crippen LogP contribution in [0.4, 0.5) is 0 Å². The highest BCUT2D eigenvalue weighted by atomic mass is 35.5. The quantitative estimate of drug-likeness (QED) is 0.655. The summed E-state index contributed by atoms with van der Waals surface area (Å²) in [4.78, 5) is 23.7. The maximum absolute atomic E-state index is 12.2. The molecule has 0 heterocycles. The third kappa shape index (κ3) is 6.82. The van der Waals surface area contributed by atoms with Crippen molar-refractivity contribution in [2.45, 2.75) is 27.7 Å². The van der Waals surface area contributed by atoms with E-state index in [1.807, 2.05) is 27.7 Å². The molecular formula is C18H27ClN2O4. The fourth-order valence-corrected chi connectivity index (χ4v) is 2.17. The standard InChI is InChI=1S/C18H27ClN2O4/c1-11(2)10-25-16-14(19)8-13(9-15(16)24-5)18(23)21-7-6-20-17(22)12(3)4/h8-9,11-12H,6-7,10H2,1-5H3,(H,20,22)(H,21,23). The Morgan fingerprint density at radius 3 is 2.32 bits per heavy atom. The van der Waals surface area contributed by atoms with Crippen LogP contribution in [0.25, 0.3) is 0 Å². The van der Waals surface area contributed by atoms with E-state index in [2.05, 4.69) is 10.6 Å². The molecule has 0 fully saturated rings. The van der Waals surface area contributed by atoms with Crippen molar-refractivity contribution in [1.29, 1.82) is 0 Å². The van der Waals surface area contributed by atoms with Crippen LogP contribution in [0.2, 0.25) is 5.02 Å². The van der Waals surface area contributed by atoms with E-state index in [-0.39, 0.29) is 17.7 Å². The smallest absolute Gasteiger partial charge is 0.251 e. The first-order chi connectivity index (χ1) is 11.8. The van der Waals surface area contributed by atoms with Gasteiger partial charge in [0, 0.05) is 24.6 Å². The molecule has 0 aliphatic carbocycles. The highest BCUT2D eigenvalue weighted by Gasteiger charge is 2.16. The Kier molecular flexibility index (Phi) is 8.55. The molecule has 0 bridgehead atoms. The highest BCUT2D eigenvalue weighted by molar-refractivity contribution is 6.32. The molecular weight excluding hydrogens is 344 g/mol. The van der Waals surface area contributed by atoms with Gasteiger partial charge in [0.15, 0.2) is 11.5 Å². The lowest BCUT2D eigenvalue weighted by Gasteiger charge is -2.15. The Hall–Kier alpha value is -1.95. The lowest BCUT2D eigenvalue weighted by atomic mass is 10.1. The predicted octanol–water partition coefficient (Wildman–Crippen LogP) is 2.89. The van der Waals surface area contributed by atoms with Crippen molar-refractivity contribution in [2.75, 3.05) is 26.8 Å². The van der Waals surface area contributed by atoms with Gasteiger partial charge < -0.3 is 20.1 Å². The number of carbonyl (C=O) groups excluding carboxylic acids is 2. The Bertz CT molecular complexity index is 603. The minimum Gasteiger partial charge on any atom is -0.493 e. The number of hydrogen-bond donors (Lipinski definition) is 2. The molecule has 1 rings (SSSR count). The van der Waals surface area contributed by atoms with Crippen LogP contribution >= 0.6 is 11.6 Å². The second-order valence-corrected chi connectivity index (χ2v) is 6.80. The largest absolute Gasteiger partial charge is 0.493 e. The molecule has 6 nitrogen and oxygen atoms in total. The number of methoxy groups -OCH3 is 1. The summed E-state index contributed by atoms with van der Waals surface area (Å²) in [5, 5.41) is 5.79. The van der Waals surface area contributed by atoms with Crippen LogP contribution in [0.15, 0.2) is 12.1 Å². The van der Waals surface area contributed by atoms with Gasteiger partial charge in [0.2, 0.25) is 5.91 Å². The van der Waals surface area contributed by atoms with Crippen molar-refractivity contribution < 1.29 is 19.1 Å². The van der Waals surface area contributed by atoms with Crippen molar-refractivity contribution in [3.63, 3.8) is 0 Å². The van der Waals surface area contributed by atoms with E-state index in [9.17, 15) is 9.59 Å². The highest BCUT2D eigenvalue weighted by Crippen LogP contribution is 2.36. The summed E-state index contributed by atoms with van der Waals surface area (Å²) in [6.07, 6.45) is 0. The Morgan fingerprint density at radius 1 is 1.12 bits per heavy atom. The first kappa shape index (κ1) is 21.1. The van der Waals surface area contributed by atoms with Crippen LogP contribution in [-0.4, -0.2) is 38.6 Å². The molecule has 7 heteroatoms. The summed E-state index contributed by atoms with van der Waals surface area (Å²) < 4.78 is 11.0. The molecule has 0 aliphatic heterocycles. The van der Waals surface area contributed by atoms with Gasteiger partial charge in [-0.25, -0.2) is 0 Å². The second kappa shape index (κ2) is 10.1. The zero-order valence-electron chi connectivity index (χ0n) is 15.4. The third-order valence-corrected chi connectivity index (χ3v) is 3.57. The molecule has 25 heavy (non-hydrogen) atoms. The molecule has 2 N–H and O–H groups in total. The fourth-order valence-electron chi connectivity index (χ4n) is 1.91. The number of halogens is 1. The zero-order valence-corrected chi connectivity index (χ0v) is 16.2. The minimum absolute atomic E-state index is 0.0504. The molecule has 140 valence electrons. The first-order valence-corrected chi connectivity index (χ1v) is 8.70. The van der Waals surface area contributed by atoms with Gasteiger partial charge in [-0.15, -0.1) is 0 Å². The zero-order chi connectivity index (χ0) is 19.0. The van der Waals surface area contributed by atoms with Gasteiger partial charge in [-0.1, -0.05) is 39.3 Å². The second-order valence-electron chi connectivity index (χ2n) is 6.40. The summed E-state index contributed by atoms with van der Waals surface area (Å²) in [7, 11) is 1.50. The molecule has 1 aromatic carbocycles. The summed E-state index contributed by atoms with van der Waals surface area (Å²) in [5.41, 5.74) is 0.369. The van der Waals surface area contributed by atoms with E-state index < -0.39 is 0 Å². The van der Waals surface area contributed by atoms with Gasteiger partial charge in [-0.3, -0.25) is 9.59 Å². The monoisotopic (exact) mass is 370 g/mol. The van der Waals surface area contributed by atoms with Crippen molar-refractivity contribution in [1.82, 2.24) is 10.6 Å². The van der Waals surface area contributed by atoms with E-state index >= 15 is 0 Å². The number of rotatable bonds is 9. The maximum Gasteiger partial charge on any atom is 0.251 e. The molecule has 0 spiro atoms. The van der Waals surface area contributed by atoms with Gasteiger partial charge >= 0.3 is 0 Å². The van der Waals surface area contributed by atoms with Gasteiger partial charge in [0.25, 0.3) is 5.91 Å². The van der Waals surface area contributed by atoms with Crippen LogP contribution in [0.5, 0.6) is 11.5 Å². The number of carbonyl (C=O) groups is 2. The summed E-state index contributed by atoms with van der Waals surface area (Å²) in [6.45, 7) is 8.86.